The Labute approximate surface area is 341 Å². The highest BCUT2D eigenvalue weighted by Gasteiger charge is 2.45. The maximum absolute atomic E-state index is 13.1. The topological polar surface area (TPSA) is 241 Å². The fourth-order valence-electron chi connectivity index (χ4n) is 6.67. The number of aromatic carboxylic acids is 1. The fourth-order valence-corrected chi connectivity index (χ4v) is 8.07. The highest BCUT2D eigenvalue weighted by atomic mass is 32.2. The molecule has 314 valence electrons. The van der Waals surface area contributed by atoms with E-state index in [1.54, 1.807) is 47.4 Å². The van der Waals surface area contributed by atoms with E-state index >= 15 is 0 Å². The summed E-state index contributed by atoms with van der Waals surface area (Å²) in [4.78, 5) is 36.0. The smallest absolute Gasteiger partial charge is 0.335 e. The maximum atomic E-state index is 13.1. The lowest BCUT2D eigenvalue weighted by Crippen LogP contribution is -2.31. The Balaban J connectivity index is 1.70. The number of hydroxylamine groups is 2. The van der Waals surface area contributed by atoms with E-state index in [-0.39, 0.29) is 29.2 Å². The Morgan fingerprint density at radius 3 is 2.33 bits per heavy atom. The molecule has 2 unspecified atom stereocenters. The van der Waals surface area contributed by atoms with Crippen molar-refractivity contribution in [1.82, 2.24) is 10.4 Å². The van der Waals surface area contributed by atoms with Gasteiger partial charge in [0.25, 0.3) is 26.1 Å². The summed E-state index contributed by atoms with van der Waals surface area (Å²) in [5.74, 6) is -2.00. The van der Waals surface area contributed by atoms with E-state index in [4.69, 9.17) is 14.4 Å². The van der Waals surface area contributed by atoms with Crippen molar-refractivity contribution in [3.63, 3.8) is 0 Å². The highest BCUT2D eigenvalue weighted by molar-refractivity contribution is 7.86. The first kappa shape index (κ1) is 45.9. The molecule has 2 aromatic rings. The number of likely N-dealkylation sites (N-methyl/N-ethyl adjacent to an activating group) is 1. The molecule has 16 nitrogen and oxygen atoms in total. The largest absolute Gasteiger partial charge is 0.478 e. The zero-order valence-electron chi connectivity index (χ0n) is 32.7. The molecular weight excluding hydrogens is 813 g/mol. The third-order valence-electron chi connectivity index (χ3n) is 10.0. The van der Waals surface area contributed by atoms with E-state index in [2.05, 4.69) is 5.32 Å². The summed E-state index contributed by atoms with van der Waals surface area (Å²) in [6, 6.07) is 10.1. The number of rotatable bonds is 18. The number of anilines is 1. The molecule has 0 bridgehead atoms. The first-order chi connectivity index (χ1) is 27.1. The van der Waals surface area contributed by atoms with Gasteiger partial charge in [-0.25, -0.2) is 14.1 Å². The van der Waals surface area contributed by atoms with Crippen LogP contribution in [0.15, 0.2) is 112 Å². The van der Waals surface area contributed by atoms with Crippen LogP contribution in [0, 0.1) is 5.41 Å². The number of aliphatic imine (C=N–C) groups is 1. The number of carbonyl (C=O) groups excluding carboxylic acids is 1. The second-order valence-electron chi connectivity index (χ2n) is 14.2. The average Bonchev–Trinajstić information content (AvgIpc) is 3.56. The number of nitrogens with one attached hydrogen (secondary N) is 1. The van der Waals surface area contributed by atoms with Gasteiger partial charge in [0, 0.05) is 48.8 Å². The number of hydrogen-bond acceptors (Lipinski definition) is 11. The highest BCUT2D eigenvalue weighted by Crippen LogP contribution is 2.52. The number of carboxylic acid groups (broad SMARTS) is 1. The van der Waals surface area contributed by atoms with Gasteiger partial charge in [-0.05, 0) is 85.0 Å². The summed E-state index contributed by atoms with van der Waals surface area (Å²) in [6.07, 6.45) is 12.5. The lowest BCUT2D eigenvalue weighted by molar-refractivity contribution is -0.163. The van der Waals surface area contributed by atoms with Gasteiger partial charge >= 0.3 is 5.97 Å². The van der Waals surface area contributed by atoms with Crippen molar-refractivity contribution in [3.05, 3.63) is 119 Å². The van der Waals surface area contributed by atoms with Crippen molar-refractivity contribution < 1.29 is 54.2 Å². The zero-order valence-corrected chi connectivity index (χ0v) is 35.1. The van der Waals surface area contributed by atoms with Crippen LogP contribution in [0.4, 0.5) is 5.69 Å². The summed E-state index contributed by atoms with van der Waals surface area (Å²) in [7, 11) is -6.09. The lowest BCUT2D eigenvalue weighted by atomic mass is 9.75. The fraction of sp³-hybridized carbons (Fsp3) is 0.359. The van der Waals surface area contributed by atoms with Gasteiger partial charge in [0.05, 0.1) is 46.6 Å². The SMILES string of the molecule is CON(C)C(=O)C(/C=C1\CN=C(/C=C/C=C/C=C2/N(CCCS(=O)(=O)O)c3ccc(S(=O)(=O)O)cc3C2(C)c2ccc(C(=O)O)cc2)C1(C)C)=C/NCCCS(=O)O. The predicted octanol–water partition coefficient (Wildman–Crippen LogP) is 4.54. The lowest BCUT2D eigenvalue weighted by Gasteiger charge is -2.31. The van der Waals surface area contributed by atoms with Crippen LogP contribution in [0.5, 0.6) is 0 Å². The average molecular weight is 861 g/mol. The molecule has 0 saturated heterocycles. The molecule has 2 heterocycles. The third-order valence-corrected chi connectivity index (χ3v) is 12.3. The number of allylic oxidation sites excluding steroid dienone is 6. The Hall–Kier alpha value is -4.76. The van der Waals surface area contributed by atoms with Gasteiger partial charge in [-0.2, -0.15) is 16.8 Å². The van der Waals surface area contributed by atoms with Crippen molar-refractivity contribution in [2.24, 2.45) is 10.4 Å². The molecule has 2 aromatic carbocycles. The van der Waals surface area contributed by atoms with E-state index in [0.717, 1.165) is 16.3 Å². The van der Waals surface area contributed by atoms with E-state index in [9.17, 15) is 44.8 Å². The van der Waals surface area contributed by atoms with Crippen molar-refractivity contribution in [3.8, 4) is 0 Å². The van der Waals surface area contributed by atoms with Gasteiger partial charge in [-0.15, -0.1) is 0 Å². The quantitative estimate of drug-likeness (QED) is 0.0345. The second-order valence-corrected chi connectivity index (χ2v) is 18.2. The normalized spacial score (nSPS) is 20.2. The first-order valence-electron chi connectivity index (χ1n) is 17.9. The summed E-state index contributed by atoms with van der Waals surface area (Å²) < 4.78 is 87.2. The minimum Gasteiger partial charge on any atom is -0.478 e. The molecule has 0 spiro atoms. The van der Waals surface area contributed by atoms with Gasteiger partial charge in [0.15, 0.2) is 11.1 Å². The number of amides is 1. The van der Waals surface area contributed by atoms with Crippen molar-refractivity contribution in [2.75, 3.05) is 50.2 Å². The van der Waals surface area contributed by atoms with Gasteiger partial charge in [0.1, 0.15) is 0 Å². The van der Waals surface area contributed by atoms with E-state index in [1.165, 1.54) is 50.7 Å². The molecular formula is C39H48N4O12S3. The molecule has 5 N–H and O–H groups in total. The summed E-state index contributed by atoms with van der Waals surface area (Å²) >= 11 is -1.92. The van der Waals surface area contributed by atoms with Crippen molar-refractivity contribution >= 4 is 54.6 Å². The zero-order chi connectivity index (χ0) is 43.1. The number of benzene rings is 2. The van der Waals surface area contributed by atoms with Crippen LogP contribution in [0.25, 0.3) is 0 Å². The van der Waals surface area contributed by atoms with Crippen LogP contribution in [0.3, 0.4) is 0 Å². The van der Waals surface area contributed by atoms with Gasteiger partial charge in [-0.1, -0.05) is 44.2 Å². The number of hydrogen-bond donors (Lipinski definition) is 5. The van der Waals surface area contributed by atoms with E-state index in [0.29, 0.717) is 47.6 Å². The standard InChI is InChI=1S/C39H48N4O12S3/c1-38(2)30(23-28(36(44)42(4)55-5)25-40-19-9-21-56(47)48)26-41-34(38)11-7-6-8-12-35-39(3,29-15-13-27(14-16-29)37(45)46)32-24-31(58(52,53)54)17-18-33(32)43(35)20-10-22-57(49,50)51/h6-8,11-18,23-25,40H,9-10,19-22,26H2,1-5H3,(H,45,46)(H,47,48)(H,49,50,51)(H,52,53,54)/b8-6+,11-7+,28-25+,30-23+,35-12+. The van der Waals surface area contributed by atoms with E-state index in [1.807, 2.05) is 26.8 Å². The van der Waals surface area contributed by atoms with Gasteiger partial charge in [-0.3, -0.25) is 23.7 Å². The van der Waals surface area contributed by atoms with Crippen LogP contribution in [-0.4, -0.2) is 108 Å². The molecule has 0 aliphatic carbocycles. The molecule has 19 heteroatoms. The molecule has 1 amide bonds. The number of carboxylic acids is 1. The minimum absolute atomic E-state index is 0.00420. The summed E-state index contributed by atoms with van der Waals surface area (Å²) in [5, 5.41) is 13.6. The summed E-state index contributed by atoms with van der Waals surface area (Å²) in [6.45, 7) is 6.52. The second kappa shape index (κ2) is 18.9. The van der Waals surface area contributed by atoms with Crippen LogP contribution < -0.4 is 10.2 Å². The Morgan fingerprint density at radius 1 is 1.03 bits per heavy atom. The molecule has 58 heavy (non-hydrogen) atoms. The van der Waals surface area contributed by atoms with E-state index < -0.39 is 59.8 Å². The van der Waals surface area contributed by atoms with Crippen LogP contribution >= 0.6 is 0 Å². The third kappa shape index (κ3) is 11.0. The molecule has 0 saturated carbocycles. The molecule has 0 radical (unpaired) electrons. The van der Waals surface area contributed by atoms with Crippen LogP contribution in [0.2, 0.25) is 0 Å². The van der Waals surface area contributed by atoms with Crippen molar-refractivity contribution in [1.29, 1.82) is 0 Å². The Morgan fingerprint density at radius 2 is 1.72 bits per heavy atom. The molecule has 0 fully saturated rings. The first-order valence-corrected chi connectivity index (χ1v) is 22.3. The Bertz CT molecular complexity index is 2330. The number of nitrogens with zero attached hydrogens (tertiary/aromatic N) is 3. The maximum Gasteiger partial charge on any atom is 0.335 e. The van der Waals surface area contributed by atoms with Crippen LogP contribution in [-0.2, 0) is 46.4 Å². The minimum atomic E-state index is -4.63. The molecule has 2 aliphatic rings. The van der Waals surface area contributed by atoms with Gasteiger partial charge < -0.3 is 19.9 Å². The predicted molar refractivity (Wildman–Crippen MR) is 221 cm³/mol. The molecule has 4 rings (SSSR count). The Kier molecular flexibility index (Phi) is 15.0. The molecule has 0 aromatic heterocycles. The monoisotopic (exact) mass is 860 g/mol. The molecule has 2 aliphatic heterocycles. The van der Waals surface area contributed by atoms with Crippen molar-refractivity contribution in [2.45, 2.75) is 43.9 Å². The number of carbonyl (C=O) groups is 2. The number of fused-ring (bicyclic) bond motifs is 1. The van der Waals surface area contributed by atoms with Crippen LogP contribution in [0.1, 0.15) is 55.1 Å². The van der Waals surface area contributed by atoms with Gasteiger partial charge in [0.2, 0.25) is 0 Å². The molecule has 2 atom stereocenters. The summed E-state index contributed by atoms with van der Waals surface area (Å²) in [5.41, 5.74) is 2.30.